The van der Waals surface area contributed by atoms with Crippen LogP contribution in [-0.4, -0.2) is 34.9 Å². The van der Waals surface area contributed by atoms with Gasteiger partial charge in [-0.05, 0) is 12.8 Å². The van der Waals surface area contributed by atoms with Crippen molar-refractivity contribution in [1.82, 2.24) is 5.32 Å². The number of amides is 1. The van der Waals surface area contributed by atoms with Gasteiger partial charge in [0.05, 0.1) is 18.8 Å². The zero-order chi connectivity index (χ0) is 44.9. The summed E-state index contributed by atoms with van der Waals surface area (Å²) < 4.78 is 0. The lowest BCUT2D eigenvalue weighted by atomic mass is 10.0. The molecule has 3 N–H and O–H groups in total. The fourth-order valence-corrected chi connectivity index (χ4v) is 9.66. The second kappa shape index (κ2) is 54.7. The molecule has 0 aliphatic heterocycles. The molecule has 0 saturated heterocycles. The van der Waals surface area contributed by atoms with Gasteiger partial charge in [0, 0.05) is 6.42 Å². The van der Waals surface area contributed by atoms with Crippen molar-refractivity contribution in [2.24, 2.45) is 0 Å². The summed E-state index contributed by atoms with van der Waals surface area (Å²) >= 11 is 0. The Hall–Kier alpha value is -0.610. The number of nitrogens with one attached hydrogen (secondary N) is 1. The standard InChI is InChI=1S/C58H117NO3/c1-3-5-7-9-11-13-15-17-19-21-23-24-25-26-27-28-29-30-31-32-33-34-36-38-40-42-44-46-48-50-52-54-58(62)59-56(55-60)57(61)53-51-49-47-45-43-41-39-37-35-22-20-18-16-14-12-10-8-6-4-2/h56-57,60-61H,3-55H2,1-2H3,(H,59,62). The van der Waals surface area contributed by atoms with Crippen LogP contribution in [0.3, 0.4) is 0 Å². The van der Waals surface area contributed by atoms with Gasteiger partial charge < -0.3 is 15.5 Å². The van der Waals surface area contributed by atoms with Crippen molar-refractivity contribution < 1.29 is 15.0 Å². The van der Waals surface area contributed by atoms with Crippen molar-refractivity contribution in [3.63, 3.8) is 0 Å². The monoisotopic (exact) mass is 876 g/mol. The van der Waals surface area contributed by atoms with Crippen LogP contribution in [0.25, 0.3) is 0 Å². The Bertz CT molecular complexity index is 819. The van der Waals surface area contributed by atoms with E-state index in [0.717, 1.165) is 25.7 Å². The molecule has 372 valence electrons. The summed E-state index contributed by atoms with van der Waals surface area (Å²) in [5.74, 6) is -0.0216. The molecule has 2 atom stereocenters. The van der Waals surface area contributed by atoms with E-state index in [2.05, 4.69) is 19.2 Å². The maximum Gasteiger partial charge on any atom is 0.220 e. The molecule has 0 aromatic rings. The molecule has 4 heteroatoms. The molecule has 62 heavy (non-hydrogen) atoms. The number of rotatable bonds is 55. The summed E-state index contributed by atoms with van der Waals surface area (Å²) in [6, 6.07) is -0.531. The fraction of sp³-hybridized carbons (Fsp3) is 0.983. The molecular formula is C58H117NO3. The number of aliphatic hydroxyl groups excluding tert-OH is 2. The van der Waals surface area contributed by atoms with Gasteiger partial charge in [-0.2, -0.15) is 0 Å². The minimum Gasteiger partial charge on any atom is -0.394 e. The van der Waals surface area contributed by atoms with Crippen molar-refractivity contribution in [3.05, 3.63) is 0 Å². The molecule has 0 bridgehead atoms. The summed E-state index contributed by atoms with van der Waals surface area (Å²) in [4.78, 5) is 12.5. The molecule has 0 rings (SSSR count). The van der Waals surface area contributed by atoms with Crippen molar-refractivity contribution >= 4 is 5.91 Å². The van der Waals surface area contributed by atoms with Crippen molar-refractivity contribution in [2.45, 2.75) is 360 Å². The quantitative estimate of drug-likeness (QED) is 0.0533. The number of aliphatic hydroxyl groups is 2. The maximum absolute atomic E-state index is 12.5. The summed E-state index contributed by atoms with van der Waals surface area (Å²) in [5, 5.41) is 23.3. The third kappa shape index (κ3) is 50.4. The molecular weight excluding hydrogens is 759 g/mol. The Morgan fingerprint density at radius 2 is 0.516 bits per heavy atom. The molecule has 1 amide bonds. The van der Waals surface area contributed by atoms with Crippen molar-refractivity contribution in [2.75, 3.05) is 6.61 Å². The van der Waals surface area contributed by atoms with Gasteiger partial charge in [-0.3, -0.25) is 4.79 Å². The molecule has 0 radical (unpaired) electrons. The van der Waals surface area contributed by atoms with Crippen LogP contribution in [0.15, 0.2) is 0 Å². The smallest absolute Gasteiger partial charge is 0.220 e. The Labute approximate surface area is 391 Å². The van der Waals surface area contributed by atoms with Crippen LogP contribution in [0.2, 0.25) is 0 Å². The fourth-order valence-electron chi connectivity index (χ4n) is 9.66. The zero-order valence-electron chi connectivity index (χ0n) is 42.9. The number of hydrogen-bond donors (Lipinski definition) is 3. The maximum atomic E-state index is 12.5. The SMILES string of the molecule is CCCCCCCCCCCCCCCCCCCCCCCCCCCCCCCCCC(=O)NC(CO)C(O)CCCCCCCCCCCCCCCCCCCCC. The van der Waals surface area contributed by atoms with E-state index in [-0.39, 0.29) is 12.5 Å². The zero-order valence-corrected chi connectivity index (χ0v) is 42.9. The molecule has 0 heterocycles. The molecule has 0 spiro atoms. The highest BCUT2D eigenvalue weighted by atomic mass is 16.3. The molecule has 4 nitrogen and oxygen atoms in total. The van der Waals surface area contributed by atoms with E-state index in [0.29, 0.717) is 12.8 Å². The minimum atomic E-state index is -0.655. The van der Waals surface area contributed by atoms with Crippen LogP contribution in [-0.2, 0) is 4.79 Å². The average Bonchev–Trinajstić information content (AvgIpc) is 3.28. The van der Waals surface area contributed by atoms with Crippen LogP contribution >= 0.6 is 0 Å². The predicted octanol–water partition coefficient (Wildman–Crippen LogP) is 19.1. The second-order valence-corrected chi connectivity index (χ2v) is 20.4. The first-order valence-electron chi connectivity index (χ1n) is 29.2. The molecule has 0 aliphatic carbocycles. The van der Waals surface area contributed by atoms with E-state index in [1.165, 1.54) is 295 Å². The lowest BCUT2D eigenvalue weighted by Crippen LogP contribution is -2.45. The highest BCUT2D eigenvalue weighted by Crippen LogP contribution is 2.19. The Morgan fingerprint density at radius 3 is 0.726 bits per heavy atom. The number of carbonyl (C=O) groups excluding carboxylic acids is 1. The summed E-state index contributed by atoms with van der Waals surface area (Å²) in [7, 11) is 0. The minimum absolute atomic E-state index is 0.0216. The van der Waals surface area contributed by atoms with Crippen molar-refractivity contribution in [3.8, 4) is 0 Å². The van der Waals surface area contributed by atoms with Crippen LogP contribution in [0.5, 0.6) is 0 Å². The van der Waals surface area contributed by atoms with Gasteiger partial charge in [-0.1, -0.05) is 328 Å². The normalized spacial score (nSPS) is 12.6. The largest absolute Gasteiger partial charge is 0.394 e. The number of unbranched alkanes of at least 4 members (excludes halogenated alkanes) is 48. The third-order valence-corrected chi connectivity index (χ3v) is 14.1. The summed E-state index contributed by atoms with van der Waals surface area (Å²) in [5.41, 5.74) is 0. The van der Waals surface area contributed by atoms with Crippen LogP contribution in [0, 0.1) is 0 Å². The Morgan fingerprint density at radius 1 is 0.323 bits per heavy atom. The number of hydrogen-bond acceptors (Lipinski definition) is 3. The number of carbonyl (C=O) groups is 1. The summed E-state index contributed by atoms with van der Waals surface area (Å²) in [6.45, 7) is 4.41. The highest BCUT2D eigenvalue weighted by Gasteiger charge is 2.20. The van der Waals surface area contributed by atoms with E-state index in [1.54, 1.807) is 0 Å². The molecule has 0 aromatic heterocycles. The van der Waals surface area contributed by atoms with Gasteiger partial charge in [0.15, 0.2) is 0 Å². The van der Waals surface area contributed by atoms with Gasteiger partial charge in [-0.15, -0.1) is 0 Å². The lowest BCUT2D eigenvalue weighted by Gasteiger charge is -2.22. The average molecular weight is 877 g/mol. The van der Waals surface area contributed by atoms with Crippen LogP contribution < -0.4 is 5.32 Å². The van der Waals surface area contributed by atoms with Crippen LogP contribution in [0.1, 0.15) is 348 Å². The van der Waals surface area contributed by atoms with E-state index in [1.807, 2.05) is 0 Å². The van der Waals surface area contributed by atoms with E-state index in [9.17, 15) is 15.0 Å². The van der Waals surface area contributed by atoms with Gasteiger partial charge in [0.25, 0.3) is 0 Å². The van der Waals surface area contributed by atoms with E-state index >= 15 is 0 Å². The lowest BCUT2D eigenvalue weighted by molar-refractivity contribution is -0.123. The van der Waals surface area contributed by atoms with E-state index < -0.39 is 12.1 Å². The molecule has 0 aliphatic rings. The second-order valence-electron chi connectivity index (χ2n) is 20.4. The Balaban J connectivity index is 3.37. The molecule has 0 saturated carbocycles. The van der Waals surface area contributed by atoms with Gasteiger partial charge >= 0.3 is 0 Å². The van der Waals surface area contributed by atoms with E-state index in [4.69, 9.17) is 0 Å². The highest BCUT2D eigenvalue weighted by molar-refractivity contribution is 5.76. The first-order valence-corrected chi connectivity index (χ1v) is 29.2. The first-order chi connectivity index (χ1) is 30.7. The van der Waals surface area contributed by atoms with Gasteiger partial charge in [-0.25, -0.2) is 0 Å². The van der Waals surface area contributed by atoms with Gasteiger partial charge in [0.1, 0.15) is 0 Å². The Kier molecular flexibility index (Phi) is 54.2. The van der Waals surface area contributed by atoms with Gasteiger partial charge in [0.2, 0.25) is 5.91 Å². The predicted molar refractivity (Wildman–Crippen MR) is 276 cm³/mol. The molecule has 2 unspecified atom stereocenters. The van der Waals surface area contributed by atoms with Crippen LogP contribution in [0.4, 0.5) is 0 Å². The first kappa shape index (κ1) is 61.4. The van der Waals surface area contributed by atoms with Crippen molar-refractivity contribution in [1.29, 1.82) is 0 Å². The third-order valence-electron chi connectivity index (χ3n) is 14.1. The summed E-state index contributed by atoms with van der Waals surface area (Å²) in [6.07, 6.45) is 69.6. The topological polar surface area (TPSA) is 69.6 Å². The molecule has 0 aromatic carbocycles. The molecule has 0 fully saturated rings.